The van der Waals surface area contributed by atoms with Crippen LogP contribution in [-0.2, 0) is 4.74 Å². The highest BCUT2D eigenvalue weighted by Crippen LogP contribution is 2.19. The van der Waals surface area contributed by atoms with Crippen LogP contribution in [-0.4, -0.2) is 36.1 Å². The normalized spacial score (nSPS) is 24.0. The Kier molecular flexibility index (Phi) is 3.43. The molecule has 1 aliphatic rings. The van der Waals surface area contributed by atoms with E-state index in [0.717, 1.165) is 0 Å². The second kappa shape index (κ2) is 4.86. The predicted octanol–water partition coefficient (Wildman–Crippen LogP) is 1.10. The van der Waals surface area contributed by atoms with Gasteiger partial charge < -0.3 is 21.1 Å². The van der Waals surface area contributed by atoms with Crippen LogP contribution in [0, 0.1) is 0 Å². The second-order valence-electron chi connectivity index (χ2n) is 4.81. The van der Waals surface area contributed by atoms with E-state index in [1.165, 1.54) is 0 Å². The number of carbonyl (C=O) groups is 1. The van der Waals surface area contributed by atoms with Crippen LogP contribution in [0.3, 0.4) is 0 Å². The summed E-state index contributed by atoms with van der Waals surface area (Å²) in [5.74, 6) is -0.0244. The maximum Gasteiger partial charge on any atom is 0.254 e. The summed E-state index contributed by atoms with van der Waals surface area (Å²) in [5.41, 5.74) is 12.9. The van der Waals surface area contributed by atoms with Crippen LogP contribution in [0.25, 0.3) is 0 Å². The van der Waals surface area contributed by atoms with E-state index in [9.17, 15) is 4.79 Å². The summed E-state index contributed by atoms with van der Waals surface area (Å²) >= 11 is 0. The van der Waals surface area contributed by atoms with E-state index in [2.05, 4.69) is 0 Å². The van der Waals surface area contributed by atoms with Crippen molar-refractivity contribution in [1.82, 2.24) is 4.90 Å². The van der Waals surface area contributed by atoms with Gasteiger partial charge in [-0.1, -0.05) is 0 Å². The molecule has 5 nitrogen and oxygen atoms in total. The first-order chi connectivity index (χ1) is 8.47. The number of anilines is 2. The molecule has 1 heterocycles. The zero-order valence-corrected chi connectivity index (χ0v) is 10.7. The van der Waals surface area contributed by atoms with Crippen LogP contribution in [0.15, 0.2) is 18.2 Å². The number of amides is 1. The highest BCUT2D eigenvalue weighted by Gasteiger charge is 2.26. The van der Waals surface area contributed by atoms with Crippen LogP contribution in [0.1, 0.15) is 24.2 Å². The van der Waals surface area contributed by atoms with Crippen molar-refractivity contribution in [2.24, 2.45) is 0 Å². The molecule has 0 aliphatic carbocycles. The van der Waals surface area contributed by atoms with E-state index >= 15 is 0 Å². The molecule has 0 radical (unpaired) electrons. The minimum absolute atomic E-state index is 0.0244. The van der Waals surface area contributed by atoms with Gasteiger partial charge in [0.05, 0.1) is 23.6 Å². The number of carbonyl (C=O) groups excluding carboxylic acids is 1. The Morgan fingerprint density at radius 3 is 2.39 bits per heavy atom. The molecule has 1 fully saturated rings. The fraction of sp³-hybridized carbons (Fsp3) is 0.462. The van der Waals surface area contributed by atoms with E-state index in [1.807, 2.05) is 13.8 Å². The third-order valence-electron chi connectivity index (χ3n) is 3.04. The maximum atomic E-state index is 12.3. The van der Waals surface area contributed by atoms with E-state index in [-0.39, 0.29) is 18.1 Å². The van der Waals surface area contributed by atoms with Crippen molar-refractivity contribution >= 4 is 17.3 Å². The van der Waals surface area contributed by atoms with E-state index in [4.69, 9.17) is 16.2 Å². The number of nitrogens with zero attached hydrogens (tertiary/aromatic N) is 1. The lowest BCUT2D eigenvalue weighted by Crippen LogP contribution is -2.48. The molecule has 0 spiro atoms. The van der Waals surface area contributed by atoms with E-state index in [1.54, 1.807) is 23.1 Å². The Labute approximate surface area is 107 Å². The predicted molar refractivity (Wildman–Crippen MR) is 71.2 cm³/mol. The quantitative estimate of drug-likeness (QED) is 0.730. The molecule has 2 rings (SSSR count). The summed E-state index contributed by atoms with van der Waals surface area (Å²) in [7, 11) is 0. The minimum atomic E-state index is -0.0244. The Morgan fingerprint density at radius 1 is 1.22 bits per heavy atom. The standard InChI is InChI=1S/C13H19N3O2/c1-8-6-16(7-9(2)18-8)13(17)10-3-4-11(14)12(15)5-10/h3-5,8-9H,6-7,14-15H2,1-2H3. The molecule has 4 N–H and O–H groups in total. The summed E-state index contributed by atoms with van der Waals surface area (Å²) in [5, 5.41) is 0. The average molecular weight is 249 g/mol. The van der Waals surface area contributed by atoms with Crippen LogP contribution in [0.2, 0.25) is 0 Å². The molecule has 1 aromatic carbocycles. The van der Waals surface area contributed by atoms with Gasteiger partial charge in [-0.3, -0.25) is 4.79 Å². The molecule has 5 heteroatoms. The molecule has 0 bridgehead atoms. The summed E-state index contributed by atoms with van der Waals surface area (Å²) in [6.07, 6.45) is 0.118. The number of hydrogen-bond donors (Lipinski definition) is 2. The number of morpholine rings is 1. The second-order valence-corrected chi connectivity index (χ2v) is 4.81. The lowest BCUT2D eigenvalue weighted by atomic mass is 10.1. The Hall–Kier alpha value is -1.75. The molecule has 98 valence electrons. The van der Waals surface area contributed by atoms with E-state index < -0.39 is 0 Å². The summed E-state index contributed by atoms with van der Waals surface area (Å²) in [4.78, 5) is 14.1. The van der Waals surface area contributed by atoms with Gasteiger partial charge in [0.25, 0.3) is 5.91 Å². The van der Waals surface area contributed by atoms with E-state index in [0.29, 0.717) is 30.0 Å². The zero-order chi connectivity index (χ0) is 13.3. The summed E-state index contributed by atoms with van der Waals surface area (Å²) in [6, 6.07) is 5.00. The molecule has 18 heavy (non-hydrogen) atoms. The van der Waals surface area contributed by atoms with Gasteiger partial charge in [-0.25, -0.2) is 0 Å². The molecule has 1 saturated heterocycles. The average Bonchev–Trinajstić information content (AvgIpc) is 2.30. The number of ether oxygens (including phenoxy) is 1. The molecule has 1 amide bonds. The zero-order valence-electron chi connectivity index (χ0n) is 10.7. The first kappa shape index (κ1) is 12.7. The van der Waals surface area contributed by atoms with Gasteiger partial charge in [-0.05, 0) is 32.0 Å². The van der Waals surface area contributed by atoms with Crippen molar-refractivity contribution in [2.75, 3.05) is 24.6 Å². The number of nitrogens with two attached hydrogens (primary N) is 2. The van der Waals surface area contributed by atoms with Gasteiger partial charge in [-0.15, -0.1) is 0 Å². The van der Waals surface area contributed by atoms with Crippen molar-refractivity contribution < 1.29 is 9.53 Å². The van der Waals surface area contributed by atoms with Crippen molar-refractivity contribution in [3.05, 3.63) is 23.8 Å². The number of nitrogen functional groups attached to an aromatic ring is 2. The van der Waals surface area contributed by atoms with Crippen molar-refractivity contribution in [2.45, 2.75) is 26.1 Å². The van der Waals surface area contributed by atoms with Gasteiger partial charge >= 0.3 is 0 Å². The van der Waals surface area contributed by atoms with Crippen molar-refractivity contribution in [3.8, 4) is 0 Å². The number of rotatable bonds is 1. The molecule has 2 unspecified atom stereocenters. The number of hydrogen-bond acceptors (Lipinski definition) is 4. The third kappa shape index (κ3) is 2.56. The SMILES string of the molecule is CC1CN(C(=O)c2ccc(N)c(N)c2)CC(C)O1. The maximum absolute atomic E-state index is 12.3. The van der Waals surface area contributed by atoms with Gasteiger partial charge in [0.2, 0.25) is 0 Å². The van der Waals surface area contributed by atoms with Crippen LogP contribution in [0.5, 0.6) is 0 Å². The van der Waals surface area contributed by atoms with Crippen molar-refractivity contribution in [1.29, 1.82) is 0 Å². The number of benzene rings is 1. The molecule has 1 aromatic rings. The Morgan fingerprint density at radius 2 is 1.83 bits per heavy atom. The first-order valence-corrected chi connectivity index (χ1v) is 6.07. The molecule has 1 aliphatic heterocycles. The van der Waals surface area contributed by atoms with Crippen LogP contribution < -0.4 is 11.5 Å². The fourth-order valence-electron chi connectivity index (χ4n) is 2.23. The Balaban J connectivity index is 2.17. The molecular formula is C13H19N3O2. The smallest absolute Gasteiger partial charge is 0.254 e. The highest BCUT2D eigenvalue weighted by atomic mass is 16.5. The Bertz CT molecular complexity index is 452. The van der Waals surface area contributed by atoms with Gasteiger partial charge in [0, 0.05) is 18.7 Å². The monoisotopic (exact) mass is 249 g/mol. The summed E-state index contributed by atoms with van der Waals surface area (Å²) < 4.78 is 5.61. The topological polar surface area (TPSA) is 81.6 Å². The highest BCUT2D eigenvalue weighted by molar-refractivity contribution is 5.96. The van der Waals surface area contributed by atoms with Gasteiger partial charge in [-0.2, -0.15) is 0 Å². The van der Waals surface area contributed by atoms with Crippen LogP contribution >= 0.6 is 0 Å². The van der Waals surface area contributed by atoms with Crippen molar-refractivity contribution in [3.63, 3.8) is 0 Å². The first-order valence-electron chi connectivity index (χ1n) is 6.07. The minimum Gasteiger partial charge on any atom is -0.397 e. The third-order valence-corrected chi connectivity index (χ3v) is 3.04. The van der Waals surface area contributed by atoms with Gasteiger partial charge in [0.15, 0.2) is 0 Å². The fourth-order valence-corrected chi connectivity index (χ4v) is 2.23. The summed E-state index contributed by atoms with van der Waals surface area (Å²) in [6.45, 7) is 5.14. The lowest BCUT2D eigenvalue weighted by molar-refractivity contribution is -0.0586. The molecule has 2 atom stereocenters. The lowest BCUT2D eigenvalue weighted by Gasteiger charge is -2.35. The largest absolute Gasteiger partial charge is 0.397 e. The van der Waals surface area contributed by atoms with Crippen LogP contribution in [0.4, 0.5) is 11.4 Å². The molecule has 0 saturated carbocycles. The molecular weight excluding hydrogens is 230 g/mol. The molecule has 0 aromatic heterocycles. The van der Waals surface area contributed by atoms with Gasteiger partial charge in [0.1, 0.15) is 0 Å².